The minimum atomic E-state index is 0.225. The summed E-state index contributed by atoms with van der Waals surface area (Å²) in [6, 6.07) is 0.370. The van der Waals surface area contributed by atoms with Crippen LogP contribution in [-0.2, 0) is 4.74 Å². The van der Waals surface area contributed by atoms with Crippen LogP contribution in [0.1, 0.15) is 52.4 Å². The van der Waals surface area contributed by atoms with Crippen molar-refractivity contribution in [1.82, 2.24) is 0 Å². The number of hydrogen-bond donors (Lipinski definition) is 1. The van der Waals surface area contributed by atoms with Crippen LogP contribution in [0.4, 0.5) is 0 Å². The second-order valence-corrected chi connectivity index (χ2v) is 7.66. The maximum Gasteiger partial charge on any atom is 0.0685 e. The quantitative estimate of drug-likeness (QED) is 0.832. The van der Waals surface area contributed by atoms with E-state index in [1.165, 1.54) is 44.3 Å². The number of rotatable bonds is 5. The van der Waals surface area contributed by atoms with E-state index in [0.29, 0.717) is 12.0 Å². The van der Waals surface area contributed by atoms with Gasteiger partial charge in [-0.1, -0.05) is 26.7 Å². The van der Waals surface area contributed by atoms with E-state index >= 15 is 0 Å². The van der Waals surface area contributed by atoms with Crippen LogP contribution in [0.5, 0.6) is 0 Å². The molecule has 106 valence electrons. The average molecular weight is 271 g/mol. The van der Waals surface area contributed by atoms with Gasteiger partial charge in [-0.2, -0.15) is 11.8 Å². The molecule has 1 aliphatic heterocycles. The summed E-state index contributed by atoms with van der Waals surface area (Å²) in [5.41, 5.74) is 6.63. The van der Waals surface area contributed by atoms with E-state index in [-0.39, 0.29) is 5.60 Å². The van der Waals surface area contributed by atoms with Gasteiger partial charge in [-0.25, -0.2) is 0 Å². The highest BCUT2D eigenvalue weighted by Crippen LogP contribution is 2.42. The summed E-state index contributed by atoms with van der Waals surface area (Å²) >= 11 is 2.03. The van der Waals surface area contributed by atoms with Crippen LogP contribution in [0.25, 0.3) is 0 Å². The molecule has 2 aliphatic rings. The largest absolute Gasteiger partial charge is 0.375 e. The van der Waals surface area contributed by atoms with E-state index in [9.17, 15) is 0 Å². The molecule has 1 saturated heterocycles. The highest BCUT2D eigenvalue weighted by molar-refractivity contribution is 7.99. The summed E-state index contributed by atoms with van der Waals surface area (Å²) in [6.45, 7) is 5.49. The highest BCUT2D eigenvalue weighted by atomic mass is 32.2. The van der Waals surface area contributed by atoms with E-state index in [0.717, 1.165) is 18.3 Å². The maximum atomic E-state index is 6.41. The fraction of sp³-hybridized carbons (Fsp3) is 1.00. The highest BCUT2D eigenvalue weighted by Gasteiger charge is 2.41. The lowest BCUT2D eigenvalue weighted by Gasteiger charge is -2.40. The second-order valence-electron chi connectivity index (χ2n) is 6.59. The van der Waals surface area contributed by atoms with Crippen LogP contribution in [0.2, 0.25) is 0 Å². The summed E-state index contributed by atoms with van der Waals surface area (Å²) in [7, 11) is 0. The summed E-state index contributed by atoms with van der Waals surface area (Å²) in [5.74, 6) is 3.83. The molecule has 0 radical (unpaired) electrons. The van der Waals surface area contributed by atoms with Crippen LogP contribution in [-0.4, -0.2) is 29.8 Å². The van der Waals surface area contributed by atoms with Gasteiger partial charge in [-0.05, 0) is 43.3 Å². The predicted octanol–water partition coefficient (Wildman–Crippen LogP) is 3.44. The summed E-state index contributed by atoms with van der Waals surface area (Å²) in [5, 5.41) is 0. The van der Waals surface area contributed by atoms with Gasteiger partial charge in [0.25, 0.3) is 0 Å². The molecule has 0 aromatic heterocycles. The third-order valence-electron chi connectivity index (χ3n) is 4.41. The smallest absolute Gasteiger partial charge is 0.0685 e. The van der Waals surface area contributed by atoms with Crippen LogP contribution < -0.4 is 5.73 Å². The molecule has 2 nitrogen and oxygen atoms in total. The Kier molecular flexibility index (Phi) is 5.40. The lowest BCUT2D eigenvalue weighted by atomic mass is 9.81. The molecule has 1 aliphatic carbocycles. The van der Waals surface area contributed by atoms with Crippen LogP contribution >= 0.6 is 11.8 Å². The summed E-state index contributed by atoms with van der Waals surface area (Å²) < 4.78 is 6.09. The predicted molar refractivity (Wildman–Crippen MR) is 80.0 cm³/mol. The zero-order valence-corrected chi connectivity index (χ0v) is 12.8. The van der Waals surface area contributed by atoms with E-state index < -0.39 is 0 Å². The molecule has 1 spiro atoms. The first-order chi connectivity index (χ1) is 8.61. The molecular weight excluding hydrogens is 242 g/mol. The van der Waals surface area contributed by atoms with Gasteiger partial charge in [-0.15, -0.1) is 0 Å². The molecule has 2 atom stereocenters. The van der Waals surface area contributed by atoms with Gasteiger partial charge in [-0.3, -0.25) is 0 Å². The fourth-order valence-electron chi connectivity index (χ4n) is 3.37. The number of nitrogens with two attached hydrogens (primary N) is 1. The van der Waals surface area contributed by atoms with Crippen molar-refractivity contribution < 1.29 is 4.74 Å². The lowest BCUT2D eigenvalue weighted by Crippen LogP contribution is -2.44. The molecule has 0 bridgehead atoms. The van der Waals surface area contributed by atoms with Gasteiger partial charge in [0.15, 0.2) is 0 Å². The summed E-state index contributed by atoms with van der Waals surface area (Å²) in [6.07, 6.45) is 7.64. The van der Waals surface area contributed by atoms with Gasteiger partial charge in [0.1, 0.15) is 0 Å². The molecule has 2 fully saturated rings. The Hall–Kier alpha value is 0.270. The zero-order chi connectivity index (χ0) is 13.0. The van der Waals surface area contributed by atoms with E-state index in [4.69, 9.17) is 10.5 Å². The Labute approximate surface area is 116 Å². The van der Waals surface area contributed by atoms with Crippen LogP contribution in [0, 0.1) is 11.8 Å². The summed E-state index contributed by atoms with van der Waals surface area (Å²) in [4.78, 5) is 0. The minimum Gasteiger partial charge on any atom is -0.375 e. The normalized spacial score (nSPS) is 29.0. The number of thioether (sulfide) groups is 1. The van der Waals surface area contributed by atoms with Gasteiger partial charge in [0, 0.05) is 18.4 Å². The molecule has 2 N–H and O–H groups in total. The molecule has 0 aromatic rings. The van der Waals surface area contributed by atoms with Gasteiger partial charge in [0.2, 0.25) is 0 Å². The Morgan fingerprint density at radius 3 is 2.67 bits per heavy atom. The van der Waals surface area contributed by atoms with Crippen molar-refractivity contribution in [3.63, 3.8) is 0 Å². The first-order valence-corrected chi connectivity index (χ1v) is 8.74. The molecular formula is C15H29NOS. The van der Waals surface area contributed by atoms with Crippen molar-refractivity contribution in [1.29, 1.82) is 0 Å². The zero-order valence-electron chi connectivity index (χ0n) is 12.0. The number of ether oxygens (including phenoxy) is 1. The molecule has 18 heavy (non-hydrogen) atoms. The Balaban J connectivity index is 1.77. The average Bonchev–Trinajstić information content (AvgIpc) is 2.76. The minimum absolute atomic E-state index is 0.225. The molecule has 1 saturated carbocycles. The van der Waals surface area contributed by atoms with E-state index in [1.807, 2.05) is 11.8 Å². The maximum absolute atomic E-state index is 6.41. The van der Waals surface area contributed by atoms with Gasteiger partial charge < -0.3 is 10.5 Å². The third kappa shape index (κ3) is 3.88. The first kappa shape index (κ1) is 14.7. The fourth-order valence-corrected chi connectivity index (χ4v) is 4.53. The van der Waals surface area contributed by atoms with Gasteiger partial charge >= 0.3 is 0 Å². The molecule has 2 unspecified atom stereocenters. The Morgan fingerprint density at radius 1 is 1.28 bits per heavy atom. The van der Waals surface area contributed by atoms with E-state index in [2.05, 4.69) is 13.8 Å². The standard InChI is InChI=1S/C15H29NOS/c1-12(2)10-18-11-14(16)13-5-8-17-15(9-13)6-3-4-7-15/h12-14H,3-11,16H2,1-2H3. The third-order valence-corrected chi connectivity index (χ3v) is 5.94. The first-order valence-electron chi connectivity index (χ1n) is 7.59. The second kappa shape index (κ2) is 6.62. The Bertz CT molecular complexity index is 251. The van der Waals surface area contributed by atoms with Crippen molar-refractivity contribution in [2.75, 3.05) is 18.1 Å². The molecule has 2 rings (SSSR count). The van der Waals surface area contributed by atoms with Crippen molar-refractivity contribution in [3.8, 4) is 0 Å². The van der Waals surface area contributed by atoms with Crippen LogP contribution in [0.15, 0.2) is 0 Å². The van der Waals surface area contributed by atoms with Crippen molar-refractivity contribution in [2.24, 2.45) is 17.6 Å². The van der Waals surface area contributed by atoms with Crippen molar-refractivity contribution in [3.05, 3.63) is 0 Å². The molecule has 3 heteroatoms. The van der Waals surface area contributed by atoms with Gasteiger partial charge in [0.05, 0.1) is 5.60 Å². The molecule has 0 aromatic carbocycles. The number of hydrogen-bond acceptors (Lipinski definition) is 3. The lowest BCUT2D eigenvalue weighted by molar-refractivity contribution is -0.0951. The Morgan fingerprint density at radius 2 is 2.00 bits per heavy atom. The van der Waals surface area contributed by atoms with E-state index in [1.54, 1.807) is 0 Å². The van der Waals surface area contributed by atoms with Crippen molar-refractivity contribution in [2.45, 2.75) is 64.0 Å². The molecule has 0 amide bonds. The molecule has 1 heterocycles. The monoisotopic (exact) mass is 271 g/mol. The van der Waals surface area contributed by atoms with Crippen LogP contribution in [0.3, 0.4) is 0 Å². The van der Waals surface area contributed by atoms with Crippen molar-refractivity contribution >= 4 is 11.8 Å². The topological polar surface area (TPSA) is 35.2 Å². The SMILES string of the molecule is CC(C)CSCC(N)C1CCOC2(CCCC2)C1.